The Kier molecular flexibility index (Phi) is 7.96. The summed E-state index contributed by atoms with van der Waals surface area (Å²) in [7, 11) is 0. The number of hydrogen-bond acceptors (Lipinski definition) is 2. The van der Waals surface area contributed by atoms with Gasteiger partial charge in [-0.1, -0.05) is 182 Å². The van der Waals surface area contributed by atoms with Crippen molar-refractivity contribution in [2.24, 2.45) is 9.98 Å². The lowest BCUT2D eigenvalue weighted by atomic mass is 9.90. The van der Waals surface area contributed by atoms with Crippen molar-refractivity contribution in [3.8, 4) is 11.1 Å². The fourth-order valence-corrected chi connectivity index (χ4v) is 6.45. The van der Waals surface area contributed by atoms with Crippen LogP contribution < -0.4 is 0 Å². The molecule has 0 aliphatic heterocycles. The van der Waals surface area contributed by atoms with Crippen LogP contribution in [0.3, 0.4) is 0 Å². The molecule has 0 fully saturated rings. The Balaban J connectivity index is 1.48. The quantitative estimate of drug-likeness (QED) is 0.160. The molecule has 0 aliphatic carbocycles. The molecule has 8 rings (SSSR count). The van der Waals surface area contributed by atoms with Crippen molar-refractivity contribution in [1.82, 2.24) is 0 Å². The first-order valence-electron chi connectivity index (χ1n) is 16.3. The summed E-state index contributed by atoms with van der Waals surface area (Å²) in [4.78, 5) is 11.1. The molecular weight excluding hydrogens is 581 g/mol. The second kappa shape index (κ2) is 13.2. The molecule has 0 radical (unpaired) electrons. The second-order valence-electron chi connectivity index (χ2n) is 11.7. The third-order valence-corrected chi connectivity index (χ3v) is 8.72. The number of rotatable bonds is 7. The van der Waals surface area contributed by atoms with E-state index in [1.807, 2.05) is 24.3 Å². The molecule has 0 aliphatic rings. The summed E-state index contributed by atoms with van der Waals surface area (Å²) in [6.07, 6.45) is 0. The molecule has 2 nitrogen and oxygen atoms in total. The maximum absolute atomic E-state index is 5.54. The highest BCUT2D eigenvalue weighted by atomic mass is 14.8. The van der Waals surface area contributed by atoms with Gasteiger partial charge in [0, 0.05) is 33.4 Å². The summed E-state index contributed by atoms with van der Waals surface area (Å²) in [5, 5.41) is 4.57. The van der Waals surface area contributed by atoms with E-state index >= 15 is 0 Å². The van der Waals surface area contributed by atoms with Crippen molar-refractivity contribution in [2.45, 2.75) is 0 Å². The molecule has 48 heavy (non-hydrogen) atoms. The van der Waals surface area contributed by atoms with Gasteiger partial charge in [-0.15, -0.1) is 0 Å². The maximum atomic E-state index is 5.54. The highest BCUT2D eigenvalue weighted by molar-refractivity contribution is 6.19. The topological polar surface area (TPSA) is 24.7 Å². The van der Waals surface area contributed by atoms with E-state index < -0.39 is 0 Å². The van der Waals surface area contributed by atoms with Crippen molar-refractivity contribution >= 4 is 44.3 Å². The standard InChI is InChI=1S/C46H32N2/c1-5-19-35(20-6-1)45(36-21-7-2-8-22-36)47-41-31-29-33-17-13-15-27-39(33)43(41)44-40-28-16-14-18-34(40)30-32-42(44)48-46(37-23-9-3-10-24-37)38-25-11-4-12-26-38/h1-32H. The molecule has 0 saturated carbocycles. The predicted octanol–water partition coefficient (Wildman–Crippen LogP) is 12.0. The zero-order valence-electron chi connectivity index (χ0n) is 26.4. The highest BCUT2D eigenvalue weighted by Crippen LogP contribution is 2.46. The van der Waals surface area contributed by atoms with Gasteiger partial charge in [0.2, 0.25) is 0 Å². The number of aliphatic imine (C=N–C) groups is 2. The molecule has 0 unspecified atom stereocenters. The smallest absolute Gasteiger partial charge is 0.0781 e. The number of benzene rings is 8. The van der Waals surface area contributed by atoms with Gasteiger partial charge in [0.25, 0.3) is 0 Å². The lowest BCUT2D eigenvalue weighted by Gasteiger charge is -2.18. The maximum Gasteiger partial charge on any atom is 0.0781 e. The Morgan fingerprint density at radius 3 is 0.896 bits per heavy atom. The van der Waals surface area contributed by atoms with E-state index in [1.165, 1.54) is 0 Å². The average molecular weight is 613 g/mol. The van der Waals surface area contributed by atoms with Crippen LogP contribution in [-0.2, 0) is 0 Å². The third-order valence-electron chi connectivity index (χ3n) is 8.72. The molecule has 0 N–H and O–H groups in total. The molecule has 0 heterocycles. The summed E-state index contributed by atoms with van der Waals surface area (Å²) in [6.45, 7) is 0. The van der Waals surface area contributed by atoms with E-state index in [9.17, 15) is 0 Å². The first-order valence-corrected chi connectivity index (χ1v) is 16.3. The molecule has 0 bridgehead atoms. The molecule has 0 amide bonds. The Morgan fingerprint density at radius 2 is 0.562 bits per heavy atom. The fraction of sp³-hybridized carbons (Fsp3) is 0. The molecule has 226 valence electrons. The van der Waals surface area contributed by atoms with Gasteiger partial charge in [-0.25, -0.2) is 9.98 Å². The minimum absolute atomic E-state index is 0.894. The fourth-order valence-electron chi connectivity index (χ4n) is 6.45. The van der Waals surface area contributed by atoms with Crippen molar-refractivity contribution in [2.75, 3.05) is 0 Å². The second-order valence-corrected chi connectivity index (χ2v) is 11.7. The summed E-state index contributed by atoms with van der Waals surface area (Å²) in [5.41, 5.74) is 10.0. The van der Waals surface area contributed by atoms with Gasteiger partial charge in [-0.2, -0.15) is 0 Å². The predicted molar refractivity (Wildman–Crippen MR) is 203 cm³/mol. The van der Waals surface area contributed by atoms with Crippen molar-refractivity contribution in [3.05, 3.63) is 216 Å². The van der Waals surface area contributed by atoms with Crippen LogP contribution in [0.25, 0.3) is 32.7 Å². The number of nitrogens with zero attached hydrogens (tertiary/aromatic N) is 2. The van der Waals surface area contributed by atoms with E-state index in [1.54, 1.807) is 0 Å². The van der Waals surface area contributed by atoms with E-state index in [4.69, 9.17) is 9.98 Å². The monoisotopic (exact) mass is 612 g/mol. The lowest BCUT2D eigenvalue weighted by molar-refractivity contribution is 1.46. The van der Waals surface area contributed by atoms with Gasteiger partial charge >= 0.3 is 0 Å². The van der Waals surface area contributed by atoms with Crippen molar-refractivity contribution in [3.63, 3.8) is 0 Å². The summed E-state index contributed by atoms with van der Waals surface area (Å²) >= 11 is 0. The van der Waals surface area contributed by atoms with Gasteiger partial charge in [-0.3, -0.25) is 0 Å². The molecule has 0 saturated heterocycles. The van der Waals surface area contributed by atoms with Gasteiger partial charge in [-0.05, 0) is 33.7 Å². The molecule has 8 aromatic rings. The molecular formula is C46H32N2. The first-order chi connectivity index (χ1) is 23.8. The summed E-state index contributed by atoms with van der Waals surface area (Å²) < 4.78 is 0. The number of hydrogen-bond donors (Lipinski definition) is 0. The van der Waals surface area contributed by atoms with Gasteiger partial charge in [0.05, 0.1) is 22.8 Å². The zero-order chi connectivity index (χ0) is 32.1. The van der Waals surface area contributed by atoms with Crippen LogP contribution in [0, 0.1) is 0 Å². The molecule has 0 spiro atoms. The Labute approximate surface area is 281 Å². The average Bonchev–Trinajstić information content (AvgIpc) is 3.17. The molecule has 0 aromatic heterocycles. The molecule has 8 aromatic carbocycles. The minimum atomic E-state index is 0.894. The number of fused-ring (bicyclic) bond motifs is 2. The third kappa shape index (κ3) is 5.72. The summed E-state index contributed by atoms with van der Waals surface area (Å²) in [6, 6.07) is 67.7. The van der Waals surface area contributed by atoms with Crippen molar-refractivity contribution < 1.29 is 0 Å². The Hall–Kier alpha value is -6.38. The van der Waals surface area contributed by atoms with Crippen LogP contribution in [0.2, 0.25) is 0 Å². The van der Waals surface area contributed by atoms with Gasteiger partial charge in [0.15, 0.2) is 0 Å². The van der Waals surface area contributed by atoms with Crippen LogP contribution in [0.5, 0.6) is 0 Å². The van der Waals surface area contributed by atoms with Crippen LogP contribution in [0.4, 0.5) is 11.4 Å². The van der Waals surface area contributed by atoms with Gasteiger partial charge in [0.1, 0.15) is 0 Å². The normalized spacial score (nSPS) is 10.9. The molecule has 2 heteroatoms. The van der Waals surface area contributed by atoms with E-state index in [2.05, 4.69) is 170 Å². The largest absolute Gasteiger partial charge is 0.247 e. The first kappa shape index (κ1) is 29.1. The Bertz CT molecular complexity index is 2150. The van der Waals surface area contributed by atoms with Crippen LogP contribution in [0.15, 0.2) is 204 Å². The van der Waals surface area contributed by atoms with Gasteiger partial charge < -0.3 is 0 Å². The highest BCUT2D eigenvalue weighted by Gasteiger charge is 2.19. The van der Waals surface area contributed by atoms with Crippen molar-refractivity contribution in [1.29, 1.82) is 0 Å². The summed E-state index contributed by atoms with van der Waals surface area (Å²) in [5.74, 6) is 0. The van der Waals surface area contributed by atoms with Crippen LogP contribution >= 0.6 is 0 Å². The zero-order valence-corrected chi connectivity index (χ0v) is 26.4. The van der Waals surface area contributed by atoms with Crippen LogP contribution in [-0.4, -0.2) is 11.4 Å². The van der Waals surface area contributed by atoms with Crippen LogP contribution in [0.1, 0.15) is 22.3 Å². The van der Waals surface area contributed by atoms with E-state index in [0.29, 0.717) is 0 Å². The molecule has 0 atom stereocenters. The SMILES string of the molecule is c1ccc(C(=Nc2ccc3ccccc3c2-c2c(N=C(c3ccccc3)c3ccccc3)ccc3ccccc23)c2ccccc2)cc1. The van der Waals surface area contributed by atoms with E-state index in [-0.39, 0.29) is 0 Å². The minimum Gasteiger partial charge on any atom is -0.247 e. The van der Waals surface area contributed by atoms with E-state index in [0.717, 1.165) is 77.7 Å². The lowest BCUT2D eigenvalue weighted by Crippen LogP contribution is -2.03. The Morgan fingerprint density at radius 1 is 0.271 bits per heavy atom.